The fourth-order valence-electron chi connectivity index (χ4n) is 2.51. The highest BCUT2D eigenvalue weighted by Gasteiger charge is 2.35. The number of aliphatic carboxylic acids is 1. The Morgan fingerprint density at radius 2 is 1.86 bits per heavy atom. The lowest BCUT2D eigenvalue weighted by molar-refractivity contribution is -0.139. The van der Waals surface area contributed by atoms with Crippen LogP contribution in [0, 0.1) is 0 Å². The first-order chi connectivity index (χ1) is 13.8. The van der Waals surface area contributed by atoms with Gasteiger partial charge < -0.3 is 9.84 Å². The molecule has 0 spiro atoms. The molecular weight excluding hydrogens is 439 g/mol. The van der Waals surface area contributed by atoms with E-state index in [2.05, 4.69) is 5.32 Å². The first-order valence-electron chi connectivity index (χ1n) is 8.08. The molecule has 0 saturated carbocycles. The topological polar surface area (TPSA) is 95.9 Å². The summed E-state index contributed by atoms with van der Waals surface area (Å²) in [6.45, 7) is -0.478. The molecule has 1 fully saturated rings. The van der Waals surface area contributed by atoms with Crippen LogP contribution in [0.3, 0.4) is 0 Å². The Bertz CT molecular complexity index is 1050. The number of amides is 2. The molecule has 7 nitrogen and oxygen atoms in total. The van der Waals surface area contributed by atoms with E-state index in [1.807, 2.05) is 0 Å². The molecule has 0 atom stereocenters. The summed E-state index contributed by atoms with van der Waals surface area (Å²) in [5, 5.41) is 11.3. The lowest BCUT2D eigenvalue weighted by Gasteiger charge is -2.29. The second-order valence-electron chi connectivity index (χ2n) is 5.78. The summed E-state index contributed by atoms with van der Waals surface area (Å²) in [6.07, 6.45) is 1.38. The molecule has 29 heavy (non-hydrogen) atoms. The monoisotopic (exact) mass is 450 g/mol. The van der Waals surface area contributed by atoms with E-state index in [0.717, 1.165) is 4.90 Å². The Morgan fingerprint density at radius 1 is 1.17 bits per heavy atom. The molecule has 1 saturated heterocycles. The number of carboxylic acid groups (broad SMARTS) is 1. The Hall–Kier alpha value is -2.94. The van der Waals surface area contributed by atoms with Crippen molar-refractivity contribution in [3.8, 4) is 5.75 Å². The van der Waals surface area contributed by atoms with Crippen molar-refractivity contribution in [1.82, 2.24) is 5.32 Å². The smallest absolute Gasteiger partial charge is 0.341 e. The predicted octanol–water partition coefficient (Wildman–Crippen LogP) is 3.29. The molecule has 0 aliphatic carbocycles. The number of carbonyl (C=O) groups excluding carboxylic acids is 2. The van der Waals surface area contributed by atoms with E-state index in [9.17, 15) is 14.4 Å². The molecule has 1 heterocycles. The second-order valence-corrected chi connectivity index (χ2v) is 6.95. The van der Waals surface area contributed by atoms with Crippen molar-refractivity contribution in [1.29, 1.82) is 0 Å². The van der Waals surface area contributed by atoms with Gasteiger partial charge >= 0.3 is 5.97 Å². The Balaban J connectivity index is 1.91. The lowest BCUT2D eigenvalue weighted by Crippen LogP contribution is -2.54. The molecule has 2 amide bonds. The number of carboxylic acids is 1. The Kier molecular flexibility index (Phi) is 6.17. The van der Waals surface area contributed by atoms with Crippen LogP contribution in [0.1, 0.15) is 5.56 Å². The van der Waals surface area contributed by atoms with Crippen molar-refractivity contribution >= 4 is 70.1 Å². The number of ether oxygens (including phenoxy) is 1. The maximum atomic E-state index is 13.0. The molecule has 0 unspecified atom stereocenters. The van der Waals surface area contributed by atoms with Gasteiger partial charge in [0.25, 0.3) is 11.8 Å². The van der Waals surface area contributed by atoms with Gasteiger partial charge in [-0.2, -0.15) is 0 Å². The van der Waals surface area contributed by atoms with Crippen LogP contribution >= 0.6 is 35.4 Å². The van der Waals surface area contributed by atoms with Gasteiger partial charge in [0.05, 0.1) is 15.7 Å². The number of benzene rings is 2. The maximum Gasteiger partial charge on any atom is 0.341 e. The number of rotatable bonds is 5. The van der Waals surface area contributed by atoms with E-state index in [-0.39, 0.29) is 26.4 Å². The molecule has 1 aliphatic heterocycles. The quantitative estimate of drug-likeness (QED) is 0.412. The summed E-state index contributed by atoms with van der Waals surface area (Å²) in [7, 11) is 0. The van der Waals surface area contributed by atoms with Crippen LogP contribution in [0.25, 0.3) is 6.08 Å². The van der Waals surface area contributed by atoms with Crippen LogP contribution in [0.2, 0.25) is 10.0 Å². The van der Waals surface area contributed by atoms with Crippen LogP contribution in [0.5, 0.6) is 5.75 Å². The zero-order valence-electron chi connectivity index (χ0n) is 14.5. The summed E-state index contributed by atoms with van der Waals surface area (Å²) in [6, 6.07) is 10.9. The van der Waals surface area contributed by atoms with Crippen LogP contribution in [-0.2, 0) is 14.4 Å². The van der Waals surface area contributed by atoms with Gasteiger partial charge in [-0.15, -0.1) is 0 Å². The summed E-state index contributed by atoms with van der Waals surface area (Å²) in [4.78, 5) is 36.9. The van der Waals surface area contributed by atoms with Crippen molar-refractivity contribution in [2.45, 2.75) is 0 Å². The molecule has 10 heteroatoms. The molecule has 2 aromatic rings. The normalized spacial score (nSPS) is 15.4. The van der Waals surface area contributed by atoms with Crippen molar-refractivity contribution < 1.29 is 24.2 Å². The van der Waals surface area contributed by atoms with Gasteiger partial charge in [-0.25, -0.2) is 4.79 Å². The first kappa shape index (κ1) is 20.8. The molecular formula is C19H12Cl2N2O5S. The van der Waals surface area contributed by atoms with Gasteiger partial charge in [-0.1, -0.05) is 41.4 Å². The van der Waals surface area contributed by atoms with E-state index in [1.54, 1.807) is 30.3 Å². The highest BCUT2D eigenvalue weighted by Crippen LogP contribution is 2.34. The number of hydrogen-bond acceptors (Lipinski definition) is 5. The van der Waals surface area contributed by atoms with Gasteiger partial charge in [0.1, 0.15) is 11.3 Å². The zero-order valence-corrected chi connectivity index (χ0v) is 16.8. The predicted molar refractivity (Wildman–Crippen MR) is 112 cm³/mol. The molecule has 0 radical (unpaired) electrons. The van der Waals surface area contributed by atoms with Crippen LogP contribution < -0.4 is 15.0 Å². The van der Waals surface area contributed by atoms with Gasteiger partial charge in [0.15, 0.2) is 11.7 Å². The van der Waals surface area contributed by atoms with Crippen LogP contribution in [0.15, 0.2) is 48.0 Å². The average molecular weight is 451 g/mol. The highest BCUT2D eigenvalue weighted by molar-refractivity contribution is 7.80. The third-order valence-corrected chi connectivity index (χ3v) is 4.92. The molecule has 148 valence electrons. The van der Waals surface area contributed by atoms with Crippen molar-refractivity contribution in [2.75, 3.05) is 11.5 Å². The minimum Gasteiger partial charge on any atom is -0.482 e. The van der Waals surface area contributed by atoms with E-state index >= 15 is 0 Å². The summed E-state index contributed by atoms with van der Waals surface area (Å²) < 4.78 is 5.05. The molecule has 3 rings (SSSR count). The number of anilines is 1. The molecule has 0 aromatic heterocycles. The number of carbonyl (C=O) groups is 3. The fourth-order valence-corrected chi connectivity index (χ4v) is 3.17. The standard InChI is InChI=1S/C19H12Cl2N2O5S/c20-13-2-1-3-14(16(13)21)23-18(27)12(17(26)22-19(23)29)8-10-4-6-11(7-5-10)28-9-15(24)25/h1-8H,9H2,(H,24,25)(H,22,26,29)/b12-8+. The van der Waals surface area contributed by atoms with Crippen molar-refractivity contribution in [3.63, 3.8) is 0 Å². The molecule has 2 N–H and O–H groups in total. The Morgan fingerprint density at radius 3 is 2.52 bits per heavy atom. The van der Waals surface area contributed by atoms with E-state index in [0.29, 0.717) is 11.3 Å². The zero-order chi connectivity index (χ0) is 21.1. The van der Waals surface area contributed by atoms with Crippen molar-refractivity contribution in [3.05, 3.63) is 63.6 Å². The Labute approximate surface area is 180 Å². The third-order valence-electron chi connectivity index (χ3n) is 3.83. The fraction of sp³-hybridized carbons (Fsp3) is 0.0526. The molecule has 0 bridgehead atoms. The van der Waals surface area contributed by atoms with E-state index in [1.165, 1.54) is 18.2 Å². The number of hydrogen-bond donors (Lipinski definition) is 2. The summed E-state index contributed by atoms with van der Waals surface area (Å²) >= 11 is 17.3. The van der Waals surface area contributed by atoms with Gasteiger partial charge in [0, 0.05) is 0 Å². The average Bonchev–Trinajstić information content (AvgIpc) is 2.67. The van der Waals surface area contributed by atoms with Crippen LogP contribution in [-0.4, -0.2) is 34.6 Å². The number of nitrogens with one attached hydrogen (secondary N) is 1. The minimum absolute atomic E-state index is 0.112. The third kappa shape index (κ3) is 4.56. The van der Waals surface area contributed by atoms with E-state index < -0.39 is 24.4 Å². The van der Waals surface area contributed by atoms with E-state index in [4.69, 9.17) is 45.3 Å². The van der Waals surface area contributed by atoms with Gasteiger partial charge in [-0.05, 0) is 48.1 Å². The highest BCUT2D eigenvalue weighted by atomic mass is 35.5. The number of thiocarbonyl (C=S) groups is 1. The summed E-state index contributed by atoms with van der Waals surface area (Å²) in [5.74, 6) is -2.08. The largest absolute Gasteiger partial charge is 0.482 e. The SMILES string of the molecule is O=C(O)COc1ccc(/C=C2\C(=O)NC(=S)N(c3cccc(Cl)c3Cl)C2=O)cc1. The lowest BCUT2D eigenvalue weighted by atomic mass is 10.1. The molecule has 2 aromatic carbocycles. The first-order valence-corrected chi connectivity index (χ1v) is 9.24. The maximum absolute atomic E-state index is 13.0. The number of halogens is 2. The van der Waals surface area contributed by atoms with Crippen LogP contribution in [0.4, 0.5) is 5.69 Å². The second kappa shape index (κ2) is 8.60. The van der Waals surface area contributed by atoms with Gasteiger partial charge in [0.2, 0.25) is 0 Å². The summed E-state index contributed by atoms with van der Waals surface area (Å²) in [5.41, 5.74) is 0.613. The minimum atomic E-state index is -1.10. The van der Waals surface area contributed by atoms with Crippen molar-refractivity contribution in [2.24, 2.45) is 0 Å². The molecule has 1 aliphatic rings. The number of nitrogens with zero attached hydrogens (tertiary/aromatic N) is 1. The van der Waals surface area contributed by atoms with Gasteiger partial charge in [-0.3, -0.25) is 19.8 Å².